The Morgan fingerprint density at radius 2 is 1.86 bits per heavy atom. The molecular weight excluding hydrogens is 398 g/mol. The van der Waals surface area contributed by atoms with Gasteiger partial charge in [0.1, 0.15) is 5.82 Å². The fourth-order valence-electron chi connectivity index (χ4n) is 1.84. The maximum atomic E-state index is 12.4. The lowest BCUT2D eigenvalue weighted by Crippen LogP contribution is -2.26. The van der Waals surface area contributed by atoms with E-state index in [1.165, 1.54) is 0 Å². The van der Waals surface area contributed by atoms with Crippen LogP contribution < -0.4 is 10.2 Å². The number of nitrogens with one attached hydrogen (secondary N) is 1. The van der Waals surface area contributed by atoms with Crippen LogP contribution in [0.25, 0.3) is 0 Å². The first-order valence-corrected chi connectivity index (χ1v) is 7.91. The molecule has 0 unspecified atom stereocenters. The van der Waals surface area contributed by atoms with Crippen molar-refractivity contribution < 1.29 is 4.79 Å². The quantitative estimate of drug-likeness (QED) is 0.834. The standard InChI is InChI=1S/C15H15Br2N3O/c1-20(2)14-13(7-12(17)9-18-14)15(21)19-8-10-3-5-11(16)6-4-10/h3-7,9H,8H2,1-2H3,(H,19,21). The van der Waals surface area contributed by atoms with Crippen molar-refractivity contribution in [1.82, 2.24) is 10.3 Å². The molecule has 0 aliphatic heterocycles. The van der Waals surface area contributed by atoms with Crippen LogP contribution in [0.4, 0.5) is 5.82 Å². The van der Waals surface area contributed by atoms with Crippen molar-refractivity contribution in [1.29, 1.82) is 0 Å². The second kappa shape index (κ2) is 7.04. The number of hydrogen-bond donors (Lipinski definition) is 1. The van der Waals surface area contributed by atoms with Gasteiger partial charge in [-0.25, -0.2) is 4.98 Å². The normalized spacial score (nSPS) is 10.3. The van der Waals surface area contributed by atoms with Gasteiger partial charge in [-0.15, -0.1) is 0 Å². The van der Waals surface area contributed by atoms with Gasteiger partial charge in [-0.05, 0) is 39.7 Å². The van der Waals surface area contributed by atoms with Crippen LogP contribution in [0.3, 0.4) is 0 Å². The van der Waals surface area contributed by atoms with Crippen LogP contribution in [0.15, 0.2) is 45.5 Å². The van der Waals surface area contributed by atoms with Crippen LogP contribution in [-0.2, 0) is 6.54 Å². The summed E-state index contributed by atoms with van der Waals surface area (Å²) in [5.41, 5.74) is 1.59. The lowest BCUT2D eigenvalue weighted by Gasteiger charge is -2.16. The maximum Gasteiger partial charge on any atom is 0.255 e. The largest absolute Gasteiger partial charge is 0.362 e. The Kier molecular flexibility index (Phi) is 5.36. The van der Waals surface area contributed by atoms with Crippen LogP contribution in [0.2, 0.25) is 0 Å². The number of rotatable bonds is 4. The number of aromatic nitrogens is 1. The molecule has 4 nitrogen and oxygen atoms in total. The van der Waals surface area contributed by atoms with Crippen molar-refractivity contribution in [2.45, 2.75) is 6.54 Å². The molecule has 21 heavy (non-hydrogen) atoms. The molecule has 1 aromatic heterocycles. The van der Waals surface area contributed by atoms with E-state index in [2.05, 4.69) is 42.2 Å². The second-order valence-electron chi connectivity index (χ2n) is 4.73. The first kappa shape index (κ1) is 16.0. The van der Waals surface area contributed by atoms with Gasteiger partial charge in [-0.2, -0.15) is 0 Å². The van der Waals surface area contributed by atoms with E-state index < -0.39 is 0 Å². The number of carbonyl (C=O) groups excluding carboxylic acids is 1. The number of pyridine rings is 1. The molecule has 6 heteroatoms. The molecule has 0 spiro atoms. The highest BCUT2D eigenvalue weighted by Gasteiger charge is 2.14. The lowest BCUT2D eigenvalue weighted by molar-refractivity contribution is 0.0951. The van der Waals surface area contributed by atoms with Crippen LogP contribution in [0.5, 0.6) is 0 Å². The predicted molar refractivity (Wildman–Crippen MR) is 91.6 cm³/mol. The molecule has 1 N–H and O–H groups in total. The number of hydrogen-bond acceptors (Lipinski definition) is 3. The molecule has 110 valence electrons. The van der Waals surface area contributed by atoms with Crippen molar-refractivity contribution in [3.8, 4) is 0 Å². The molecule has 2 aromatic rings. The van der Waals surface area contributed by atoms with E-state index in [1.54, 1.807) is 12.3 Å². The summed E-state index contributed by atoms with van der Waals surface area (Å²) in [5.74, 6) is 0.502. The smallest absolute Gasteiger partial charge is 0.255 e. The second-order valence-corrected chi connectivity index (χ2v) is 6.56. The molecule has 0 atom stereocenters. The van der Waals surface area contributed by atoms with E-state index in [9.17, 15) is 4.79 Å². The number of nitrogens with zero attached hydrogens (tertiary/aromatic N) is 2. The zero-order valence-corrected chi connectivity index (χ0v) is 14.9. The third-order valence-corrected chi connectivity index (χ3v) is 3.83. The zero-order chi connectivity index (χ0) is 15.4. The summed E-state index contributed by atoms with van der Waals surface area (Å²) >= 11 is 6.74. The van der Waals surface area contributed by atoms with Crippen molar-refractivity contribution in [2.75, 3.05) is 19.0 Å². The topological polar surface area (TPSA) is 45.2 Å². The van der Waals surface area contributed by atoms with Gasteiger partial charge in [0.2, 0.25) is 0 Å². The van der Waals surface area contributed by atoms with Gasteiger partial charge >= 0.3 is 0 Å². The summed E-state index contributed by atoms with van der Waals surface area (Å²) in [6.45, 7) is 0.478. The Bertz CT molecular complexity index is 642. The molecule has 0 saturated heterocycles. The van der Waals surface area contributed by atoms with Crippen LogP contribution >= 0.6 is 31.9 Å². The Labute approximate surface area is 140 Å². The maximum absolute atomic E-state index is 12.4. The zero-order valence-electron chi connectivity index (χ0n) is 11.7. The highest BCUT2D eigenvalue weighted by molar-refractivity contribution is 9.10. The molecule has 0 aliphatic rings. The molecule has 1 heterocycles. The van der Waals surface area contributed by atoms with Crippen molar-refractivity contribution in [2.24, 2.45) is 0 Å². The number of carbonyl (C=O) groups is 1. The number of anilines is 1. The van der Waals surface area contributed by atoms with Gasteiger partial charge < -0.3 is 10.2 Å². The van der Waals surface area contributed by atoms with Crippen LogP contribution in [0, 0.1) is 0 Å². The number of amides is 1. The molecule has 1 aromatic carbocycles. The molecule has 0 radical (unpaired) electrons. The summed E-state index contributed by atoms with van der Waals surface area (Å²) < 4.78 is 1.80. The third-order valence-electron chi connectivity index (χ3n) is 2.87. The highest BCUT2D eigenvalue weighted by atomic mass is 79.9. The summed E-state index contributed by atoms with van der Waals surface area (Å²) in [7, 11) is 3.73. The van der Waals surface area contributed by atoms with Gasteiger partial charge in [0.05, 0.1) is 5.56 Å². The molecule has 0 bridgehead atoms. The van der Waals surface area contributed by atoms with Crippen LogP contribution in [0.1, 0.15) is 15.9 Å². The minimum atomic E-state index is -0.143. The van der Waals surface area contributed by atoms with Gasteiger partial charge in [0, 0.05) is 35.8 Å². The highest BCUT2D eigenvalue weighted by Crippen LogP contribution is 2.20. The fourth-order valence-corrected chi connectivity index (χ4v) is 2.43. The summed E-state index contributed by atoms with van der Waals surface area (Å²) in [5, 5.41) is 2.92. The Morgan fingerprint density at radius 3 is 2.48 bits per heavy atom. The van der Waals surface area contributed by atoms with E-state index in [-0.39, 0.29) is 5.91 Å². The van der Waals surface area contributed by atoms with E-state index >= 15 is 0 Å². The van der Waals surface area contributed by atoms with Crippen molar-refractivity contribution in [3.63, 3.8) is 0 Å². The minimum absolute atomic E-state index is 0.143. The summed E-state index contributed by atoms with van der Waals surface area (Å²) in [6.07, 6.45) is 1.68. The molecule has 0 aliphatic carbocycles. The first-order valence-electron chi connectivity index (χ1n) is 6.33. The lowest BCUT2D eigenvalue weighted by atomic mass is 10.2. The average molecular weight is 413 g/mol. The Hall–Kier alpha value is -1.40. The Balaban J connectivity index is 2.13. The molecule has 1 amide bonds. The number of benzene rings is 1. The first-order chi connectivity index (χ1) is 9.97. The van der Waals surface area contributed by atoms with Crippen LogP contribution in [-0.4, -0.2) is 25.0 Å². The summed E-state index contributed by atoms with van der Waals surface area (Å²) in [4.78, 5) is 18.5. The monoisotopic (exact) mass is 411 g/mol. The van der Waals surface area contributed by atoms with Gasteiger partial charge in [-0.1, -0.05) is 28.1 Å². The summed E-state index contributed by atoms with van der Waals surface area (Å²) in [6, 6.07) is 9.62. The molecule has 2 rings (SSSR count). The predicted octanol–water partition coefficient (Wildman–Crippen LogP) is 3.60. The van der Waals surface area contributed by atoms with Gasteiger partial charge in [0.15, 0.2) is 0 Å². The molecular formula is C15H15Br2N3O. The minimum Gasteiger partial charge on any atom is -0.362 e. The van der Waals surface area contributed by atoms with E-state index in [0.29, 0.717) is 17.9 Å². The van der Waals surface area contributed by atoms with Crippen molar-refractivity contribution in [3.05, 3.63) is 56.6 Å². The SMILES string of the molecule is CN(C)c1ncc(Br)cc1C(=O)NCc1ccc(Br)cc1. The van der Waals surface area contributed by atoms with E-state index in [0.717, 1.165) is 14.5 Å². The average Bonchev–Trinajstić information content (AvgIpc) is 2.46. The van der Waals surface area contributed by atoms with Gasteiger partial charge in [0.25, 0.3) is 5.91 Å². The number of halogens is 2. The van der Waals surface area contributed by atoms with Gasteiger partial charge in [-0.3, -0.25) is 4.79 Å². The molecule has 0 fully saturated rings. The Morgan fingerprint density at radius 1 is 1.19 bits per heavy atom. The van der Waals surface area contributed by atoms with Crippen molar-refractivity contribution >= 4 is 43.6 Å². The molecule has 0 saturated carbocycles. The fraction of sp³-hybridized carbons (Fsp3) is 0.200. The van der Waals surface area contributed by atoms with E-state index in [4.69, 9.17) is 0 Å². The third kappa shape index (κ3) is 4.28. The van der Waals surface area contributed by atoms with E-state index in [1.807, 2.05) is 43.3 Å².